The molecule has 0 atom stereocenters. The second-order valence-corrected chi connectivity index (χ2v) is 5.00. The van der Waals surface area contributed by atoms with E-state index in [1.165, 1.54) is 12.8 Å². The normalized spacial score (nSPS) is 15.1. The maximum Gasteiger partial charge on any atom is 0.223 e. The molecule has 1 saturated carbocycles. The van der Waals surface area contributed by atoms with Crippen LogP contribution in [0.1, 0.15) is 17.8 Å². The molecule has 82 valence electrons. The predicted molar refractivity (Wildman–Crippen MR) is 64.5 cm³/mol. The van der Waals surface area contributed by atoms with Crippen LogP contribution in [0.25, 0.3) is 11.4 Å². The molecule has 0 radical (unpaired) electrons. The summed E-state index contributed by atoms with van der Waals surface area (Å²) in [4.78, 5) is 13.1. The lowest BCUT2D eigenvalue weighted by atomic mass is 10.3. The fourth-order valence-corrected chi connectivity index (χ4v) is 2.07. The van der Waals surface area contributed by atoms with E-state index in [9.17, 15) is 0 Å². The van der Waals surface area contributed by atoms with Gasteiger partial charge in [-0.1, -0.05) is 0 Å². The number of aryl methyl sites for hydroxylation is 1. The average Bonchev–Trinajstić information content (AvgIpc) is 2.98. The van der Waals surface area contributed by atoms with Crippen molar-refractivity contribution in [1.29, 1.82) is 0 Å². The molecule has 2 heterocycles. The maximum absolute atomic E-state index is 4.46. The molecule has 2 aromatic heterocycles. The molecule has 1 aliphatic carbocycles. The first-order valence-electron chi connectivity index (χ1n) is 5.33. The van der Waals surface area contributed by atoms with Gasteiger partial charge in [0.25, 0.3) is 0 Å². The molecule has 0 aliphatic heterocycles. The lowest BCUT2D eigenvalue weighted by Gasteiger charge is -2.02. The van der Waals surface area contributed by atoms with Gasteiger partial charge < -0.3 is 5.32 Å². The lowest BCUT2D eigenvalue weighted by Crippen LogP contribution is -2.05. The lowest BCUT2D eigenvalue weighted by molar-refractivity contribution is 1.05. The number of anilines is 1. The quantitative estimate of drug-likeness (QED) is 0.883. The fraction of sp³-hybridized carbons (Fsp3) is 0.364. The van der Waals surface area contributed by atoms with E-state index in [0.29, 0.717) is 12.0 Å². The van der Waals surface area contributed by atoms with Crippen molar-refractivity contribution in [3.63, 3.8) is 0 Å². The Labute approximate surface area is 97.8 Å². The van der Waals surface area contributed by atoms with Gasteiger partial charge in [0.2, 0.25) is 5.95 Å². The molecule has 0 unspecified atom stereocenters. The van der Waals surface area contributed by atoms with Crippen LogP contribution in [0.5, 0.6) is 0 Å². The van der Waals surface area contributed by atoms with Gasteiger partial charge in [0.15, 0.2) is 0 Å². The van der Waals surface area contributed by atoms with Crippen molar-refractivity contribution in [2.75, 3.05) is 5.32 Å². The van der Waals surface area contributed by atoms with Gasteiger partial charge in [-0.25, -0.2) is 15.0 Å². The molecular weight excluding hydrogens is 220 g/mol. The highest BCUT2D eigenvalue weighted by Gasteiger charge is 2.21. The minimum atomic E-state index is 0.576. The summed E-state index contributed by atoms with van der Waals surface area (Å²) in [5.41, 5.74) is 1.83. The fourth-order valence-electron chi connectivity index (χ4n) is 1.46. The third kappa shape index (κ3) is 2.04. The summed E-state index contributed by atoms with van der Waals surface area (Å²) >= 11 is 1.64. The highest BCUT2D eigenvalue weighted by Crippen LogP contribution is 2.24. The highest BCUT2D eigenvalue weighted by molar-refractivity contribution is 7.09. The third-order valence-electron chi connectivity index (χ3n) is 2.45. The number of nitrogens with one attached hydrogen (secondary N) is 1. The Morgan fingerprint density at radius 2 is 2.19 bits per heavy atom. The summed E-state index contributed by atoms with van der Waals surface area (Å²) in [6, 6.07) is 2.47. The molecular formula is C11H12N4S. The molecule has 0 amide bonds. The van der Waals surface area contributed by atoms with E-state index in [1.807, 2.05) is 18.4 Å². The number of hydrogen-bond donors (Lipinski definition) is 1. The zero-order chi connectivity index (χ0) is 11.0. The molecule has 0 spiro atoms. The van der Waals surface area contributed by atoms with Crippen LogP contribution < -0.4 is 5.32 Å². The standard InChI is InChI=1S/C11H12N4S/c1-7-13-10(6-16-7)9-4-5-12-11(15-9)14-8-2-3-8/h4-6,8H,2-3H2,1H3,(H,12,14,15). The van der Waals surface area contributed by atoms with Crippen LogP contribution in [-0.4, -0.2) is 21.0 Å². The second kappa shape index (κ2) is 3.83. The number of rotatable bonds is 3. The van der Waals surface area contributed by atoms with E-state index in [-0.39, 0.29) is 0 Å². The smallest absolute Gasteiger partial charge is 0.223 e. The third-order valence-corrected chi connectivity index (χ3v) is 3.22. The Kier molecular flexibility index (Phi) is 2.32. The minimum absolute atomic E-state index is 0.576. The first-order chi connectivity index (χ1) is 7.81. The highest BCUT2D eigenvalue weighted by atomic mass is 32.1. The largest absolute Gasteiger partial charge is 0.351 e. The van der Waals surface area contributed by atoms with Crippen LogP contribution in [-0.2, 0) is 0 Å². The molecule has 3 rings (SSSR count). The van der Waals surface area contributed by atoms with Crippen molar-refractivity contribution in [3.05, 3.63) is 22.7 Å². The second-order valence-electron chi connectivity index (χ2n) is 3.94. The number of aromatic nitrogens is 3. The van der Waals surface area contributed by atoms with Crippen molar-refractivity contribution >= 4 is 17.3 Å². The summed E-state index contributed by atoms with van der Waals surface area (Å²) in [5.74, 6) is 0.714. The van der Waals surface area contributed by atoms with Gasteiger partial charge in [0.1, 0.15) is 5.69 Å². The van der Waals surface area contributed by atoms with Crippen LogP contribution >= 0.6 is 11.3 Å². The van der Waals surface area contributed by atoms with Crippen molar-refractivity contribution < 1.29 is 0 Å². The maximum atomic E-state index is 4.46. The molecule has 1 fully saturated rings. The summed E-state index contributed by atoms with van der Waals surface area (Å²) in [5, 5.41) is 6.37. The van der Waals surface area contributed by atoms with Crippen LogP contribution in [0.15, 0.2) is 17.6 Å². The zero-order valence-corrected chi connectivity index (χ0v) is 9.79. The zero-order valence-electron chi connectivity index (χ0n) is 8.97. The van der Waals surface area contributed by atoms with Gasteiger partial charge in [-0.3, -0.25) is 0 Å². The summed E-state index contributed by atoms with van der Waals surface area (Å²) < 4.78 is 0. The molecule has 0 aromatic carbocycles. The Balaban J connectivity index is 1.88. The molecule has 1 aliphatic rings. The molecule has 1 N–H and O–H groups in total. The molecule has 5 heteroatoms. The van der Waals surface area contributed by atoms with E-state index in [1.54, 1.807) is 17.5 Å². The Morgan fingerprint density at radius 1 is 1.31 bits per heavy atom. The van der Waals surface area contributed by atoms with Gasteiger partial charge in [-0.15, -0.1) is 11.3 Å². The molecule has 16 heavy (non-hydrogen) atoms. The number of thiazole rings is 1. The Morgan fingerprint density at radius 3 is 2.88 bits per heavy atom. The summed E-state index contributed by atoms with van der Waals surface area (Å²) in [7, 11) is 0. The van der Waals surface area contributed by atoms with Crippen molar-refractivity contribution in [2.45, 2.75) is 25.8 Å². The van der Waals surface area contributed by atoms with E-state index in [4.69, 9.17) is 0 Å². The van der Waals surface area contributed by atoms with Gasteiger partial charge >= 0.3 is 0 Å². The Hall–Kier alpha value is -1.49. The summed E-state index contributed by atoms with van der Waals surface area (Å²) in [6.07, 6.45) is 4.23. The molecule has 4 nitrogen and oxygen atoms in total. The van der Waals surface area contributed by atoms with Crippen molar-refractivity contribution in [2.24, 2.45) is 0 Å². The van der Waals surface area contributed by atoms with Crippen LogP contribution in [0.4, 0.5) is 5.95 Å². The first-order valence-corrected chi connectivity index (χ1v) is 6.21. The van der Waals surface area contributed by atoms with E-state index in [2.05, 4.69) is 20.3 Å². The minimum Gasteiger partial charge on any atom is -0.351 e. The van der Waals surface area contributed by atoms with E-state index < -0.39 is 0 Å². The summed E-state index contributed by atoms with van der Waals surface area (Å²) in [6.45, 7) is 2.00. The predicted octanol–water partition coefficient (Wildman–Crippen LogP) is 2.48. The average molecular weight is 232 g/mol. The van der Waals surface area contributed by atoms with Crippen molar-refractivity contribution in [1.82, 2.24) is 15.0 Å². The van der Waals surface area contributed by atoms with Crippen LogP contribution in [0, 0.1) is 6.92 Å². The first kappa shape index (κ1) is 9.72. The molecule has 2 aromatic rings. The molecule has 0 bridgehead atoms. The SMILES string of the molecule is Cc1nc(-c2ccnc(NC3CC3)n2)cs1. The van der Waals surface area contributed by atoms with Crippen LogP contribution in [0.2, 0.25) is 0 Å². The monoisotopic (exact) mass is 232 g/mol. The number of nitrogens with zero attached hydrogens (tertiary/aromatic N) is 3. The van der Waals surface area contributed by atoms with E-state index in [0.717, 1.165) is 16.4 Å². The van der Waals surface area contributed by atoms with Gasteiger partial charge in [0, 0.05) is 17.6 Å². The topological polar surface area (TPSA) is 50.7 Å². The van der Waals surface area contributed by atoms with Crippen molar-refractivity contribution in [3.8, 4) is 11.4 Å². The van der Waals surface area contributed by atoms with Gasteiger partial charge in [-0.05, 0) is 25.8 Å². The Bertz CT molecular complexity index is 504. The molecule has 0 saturated heterocycles. The van der Waals surface area contributed by atoms with Gasteiger partial charge in [0.05, 0.1) is 10.7 Å². The van der Waals surface area contributed by atoms with Gasteiger partial charge in [-0.2, -0.15) is 0 Å². The van der Waals surface area contributed by atoms with Crippen LogP contribution in [0.3, 0.4) is 0 Å². The number of hydrogen-bond acceptors (Lipinski definition) is 5. The van der Waals surface area contributed by atoms with E-state index >= 15 is 0 Å².